The van der Waals surface area contributed by atoms with Crippen LogP contribution in [0.4, 0.5) is 0 Å². The van der Waals surface area contributed by atoms with Crippen LogP contribution in [0.5, 0.6) is 0 Å². The van der Waals surface area contributed by atoms with Crippen molar-refractivity contribution in [3.05, 3.63) is 69.2 Å². The molecule has 3 heteroatoms. The van der Waals surface area contributed by atoms with Gasteiger partial charge in [0.15, 0.2) is 0 Å². The van der Waals surface area contributed by atoms with Gasteiger partial charge in [-0.15, -0.1) is 0 Å². The Kier molecular flexibility index (Phi) is 4.81. The van der Waals surface area contributed by atoms with Gasteiger partial charge in [-0.3, -0.25) is 11.3 Å². The van der Waals surface area contributed by atoms with Gasteiger partial charge in [0.25, 0.3) is 0 Å². The number of aryl methyl sites for hydroxylation is 3. The SMILES string of the molecule is Cc1cc(C)cc(CC(NN)c2cc(C)cc(Cl)c2)c1. The second-order valence-corrected chi connectivity index (χ2v) is 5.92. The molecule has 106 valence electrons. The van der Waals surface area contributed by atoms with Crippen LogP contribution in [0.2, 0.25) is 5.02 Å². The van der Waals surface area contributed by atoms with E-state index in [9.17, 15) is 0 Å². The van der Waals surface area contributed by atoms with E-state index in [1.54, 1.807) is 0 Å². The van der Waals surface area contributed by atoms with Crippen molar-refractivity contribution in [1.29, 1.82) is 0 Å². The normalized spacial score (nSPS) is 12.4. The molecule has 0 bridgehead atoms. The van der Waals surface area contributed by atoms with Crippen LogP contribution in [0.15, 0.2) is 36.4 Å². The highest BCUT2D eigenvalue weighted by atomic mass is 35.5. The van der Waals surface area contributed by atoms with E-state index in [-0.39, 0.29) is 6.04 Å². The molecule has 3 N–H and O–H groups in total. The van der Waals surface area contributed by atoms with Crippen LogP contribution in [0.3, 0.4) is 0 Å². The van der Waals surface area contributed by atoms with Crippen LogP contribution in [0, 0.1) is 20.8 Å². The van der Waals surface area contributed by atoms with Gasteiger partial charge < -0.3 is 0 Å². The van der Waals surface area contributed by atoms with Crippen molar-refractivity contribution in [2.45, 2.75) is 33.2 Å². The van der Waals surface area contributed by atoms with Crippen molar-refractivity contribution in [2.75, 3.05) is 0 Å². The van der Waals surface area contributed by atoms with Gasteiger partial charge in [0.2, 0.25) is 0 Å². The van der Waals surface area contributed by atoms with Crippen LogP contribution < -0.4 is 11.3 Å². The van der Waals surface area contributed by atoms with Crippen LogP contribution in [-0.2, 0) is 6.42 Å². The number of rotatable bonds is 4. The van der Waals surface area contributed by atoms with Crippen LogP contribution in [-0.4, -0.2) is 0 Å². The third-order valence-corrected chi connectivity index (χ3v) is 3.61. The molecule has 20 heavy (non-hydrogen) atoms. The van der Waals surface area contributed by atoms with Gasteiger partial charge in [0.1, 0.15) is 0 Å². The van der Waals surface area contributed by atoms with E-state index < -0.39 is 0 Å². The molecule has 1 atom stereocenters. The number of nitrogens with one attached hydrogen (secondary N) is 1. The lowest BCUT2D eigenvalue weighted by molar-refractivity contribution is 0.551. The Morgan fingerprint density at radius 1 is 0.950 bits per heavy atom. The Morgan fingerprint density at radius 3 is 2.10 bits per heavy atom. The molecule has 2 rings (SSSR count). The molecular formula is C17H21ClN2. The molecule has 0 radical (unpaired) electrons. The zero-order chi connectivity index (χ0) is 14.7. The number of hydrogen-bond donors (Lipinski definition) is 2. The third kappa shape index (κ3) is 3.83. The van der Waals surface area contributed by atoms with Gasteiger partial charge in [0, 0.05) is 5.02 Å². The highest BCUT2D eigenvalue weighted by molar-refractivity contribution is 6.30. The summed E-state index contributed by atoms with van der Waals surface area (Å²) in [7, 11) is 0. The molecule has 0 aliphatic heterocycles. The summed E-state index contributed by atoms with van der Waals surface area (Å²) in [6.07, 6.45) is 0.846. The smallest absolute Gasteiger partial charge is 0.0500 e. The maximum absolute atomic E-state index is 6.14. The van der Waals surface area contributed by atoms with Gasteiger partial charge in [-0.25, -0.2) is 0 Å². The van der Waals surface area contributed by atoms with E-state index >= 15 is 0 Å². The molecule has 2 nitrogen and oxygen atoms in total. The Morgan fingerprint density at radius 2 is 1.55 bits per heavy atom. The van der Waals surface area contributed by atoms with E-state index in [4.69, 9.17) is 17.4 Å². The highest BCUT2D eigenvalue weighted by Crippen LogP contribution is 2.23. The van der Waals surface area contributed by atoms with Crippen molar-refractivity contribution < 1.29 is 0 Å². The Hall–Kier alpha value is -1.35. The van der Waals surface area contributed by atoms with Crippen LogP contribution >= 0.6 is 11.6 Å². The fourth-order valence-electron chi connectivity index (χ4n) is 2.66. The number of nitrogens with two attached hydrogens (primary N) is 1. The summed E-state index contributed by atoms with van der Waals surface area (Å²) >= 11 is 6.14. The summed E-state index contributed by atoms with van der Waals surface area (Å²) in [4.78, 5) is 0. The summed E-state index contributed by atoms with van der Waals surface area (Å²) in [5, 5.41) is 0.751. The zero-order valence-corrected chi connectivity index (χ0v) is 13.0. The van der Waals surface area contributed by atoms with Gasteiger partial charge in [0.05, 0.1) is 6.04 Å². The first-order chi connectivity index (χ1) is 9.47. The van der Waals surface area contributed by atoms with Crippen molar-refractivity contribution in [1.82, 2.24) is 5.43 Å². The molecule has 0 aliphatic rings. The minimum Gasteiger partial charge on any atom is -0.271 e. The maximum atomic E-state index is 6.14. The molecule has 1 unspecified atom stereocenters. The monoisotopic (exact) mass is 288 g/mol. The van der Waals surface area contributed by atoms with Gasteiger partial charge in [-0.2, -0.15) is 0 Å². The second-order valence-electron chi connectivity index (χ2n) is 5.48. The molecular weight excluding hydrogens is 268 g/mol. The minimum absolute atomic E-state index is 0.0635. The average molecular weight is 289 g/mol. The summed E-state index contributed by atoms with van der Waals surface area (Å²) in [5.74, 6) is 5.74. The molecule has 0 heterocycles. The lowest BCUT2D eigenvalue weighted by Crippen LogP contribution is -2.29. The van der Waals surface area contributed by atoms with Gasteiger partial charge in [-0.1, -0.05) is 47.0 Å². The first-order valence-electron chi connectivity index (χ1n) is 6.78. The second kappa shape index (κ2) is 6.40. The Balaban J connectivity index is 2.28. The average Bonchev–Trinajstić information content (AvgIpc) is 2.33. The van der Waals surface area contributed by atoms with Gasteiger partial charge >= 0.3 is 0 Å². The predicted molar refractivity (Wildman–Crippen MR) is 85.9 cm³/mol. The molecule has 0 saturated heterocycles. The van der Waals surface area contributed by atoms with E-state index in [0.717, 1.165) is 22.6 Å². The molecule has 0 amide bonds. The van der Waals surface area contributed by atoms with E-state index in [1.807, 2.05) is 19.1 Å². The van der Waals surface area contributed by atoms with E-state index in [1.165, 1.54) is 16.7 Å². The zero-order valence-electron chi connectivity index (χ0n) is 12.2. The van der Waals surface area contributed by atoms with Gasteiger partial charge in [-0.05, 0) is 56.0 Å². The summed E-state index contributed by atoms with van der Waals surface area (Å²) in [5.41, 5.74) is 9.00. The number of halogens is 1. The van der Waals surface area contributed by atoms with E-state index in [2.05, 4.69) is 43.5 Å². The number of benzene rings is 2. The topological polar surface area (TPSA) is 38.0 Å². The van der Waals surface area contributed by atoms with Crippen molar-refractivity contribution in [3.8, 4) is 0 Å². The third-order valence-electron chi connectivity index (χ3n) is 3.39. The quantitative estimate of drug-likeness (QED) is 0.659. The largest absolute Gasteiger partial charge is 0.271 e. The molecule has 0 aliphatic carbocycles. The lowest BCUT2D eigenvalue weighted by atomic mass is 9.96. The molecule has 2 aromatic carbocycles. The minimum atomic E-state index is 0.0635. The molecule has 2 aromatic rings. The standard InChI is InChI=1S/C17H21ClN2/c1-11-4-12(2)6-14(5-11)9-17(20-19)15-7-13(3)8-16(18)10-15/h4-8,10,17,20H,9,19H2,1-3H3. The molecule has 0 fully saturated rings. The number of hydrazine groups is 1. The fourth-order valence-corrected chi connectivity index (χ4v) is 2.96. The fraction of sp³-hybridized carbons (Fsp3) is 0.294. The predicted octanol–water partition coefficient (Wildman–Crippen LogP) is 4.01. The summed E-state index contributed by atoms with van der Waals surface area (Å²) < 4.78 is 0. The van der Waals surface area contributed by atoms with Crippen LogP contribution in [0.25, 0.3) is 0 Å². The Bertz CT molecular complexity index is 567. The first-order valence-corrected chi connectivity index (χ1v) is 7.16. The summed E-state index contributed by atoms with van der Waals surface area (Å²) in [6.45, 7) is 6.27. The maximum Gasteiger partial charge on any atom is 0.0500 e. The first kappa shape index (κ1) is 15.0. The van der Waals surface area contributed by atoms with E-state index in [0.29, 0.717) is 0 Å². The summed E-state index contributed by atoms with van der Waals surface area (Å²) in [6, 6.07) is 12.7. The lowest BCUT2D eigenvalue weighted by Gasteiger charge is -2.18. The molecule has 0 aromatic heterocycles. The molecule has 0 spiro atoms. The van der Waals surface area contributed by atoms with Crippen molar-refractivity contribution in [2.24, 2.45) is 5.84 Å². The molecule has 0 saturated carbocycles. The number of hydrogen-bond acceptors (Lipinski definition) is 2. The Labute approximate surface area is 125 Å². The van der Waals surface area contributed by atoms with Crippen molar-refractivity contribution >= 4 is 11.6 Å². The van der Waals surface area contributed by atoms with Crippen molar-refractivity contribution in [3.63, 3.8) is 0 Å². The van der Waals surface area contributed by atoms with Crippen LogP contribution in [0.1, 0.15) is 33.9 Å². The highest BCUT2D eigenvalue weighted by Gasteiger charge is 2.12.